The number of rotatable bonds is 1. The standard InChI is InChI=1S/C10H8F3N3O2/c1-9(10(11,12)13)6-5(4-18-9)3-15-7(16-6)8(17)14-2/h3H,2,4H2,1H3/t9-/m1/s1. The van der Waals surface area contributed by atoms with E-state index in [1.54, 1.807) is 0 Å². The molecule has 0 bridgehead atoms. The SMILES string of the molecule is C=NC(=O)c1ncc2c(n1)[C@](C)(C(F)(F)F)OC2. The Morgan fingerprint density at radius 3 is 2.83 bits per heavy atom. The summed E-state index contributed by atoms with van der Waals surface area (Å²) in [5, 5.41) is 0. The van der Waals surface area contributed by atoms with Crippen molar-refractivity contribution in [2.45, 2.75) is 25.3 Å². The Morgan fingerprint density at radius 2 is 2.28 bits per heavy atom. The lowest BCUT2D eigenvalue weighted by atomic mass is 10.0. The molecule has 1 amide bonds. The van der Waals surface area contributed by atoms with Gasteiger partial charge in [-0.1, -0.05) is 0 Å². The third kappa shape index (κ3) is 1.69. The zero-order valence-corrected chi connectivity index (χ0v) is 9.28. The van der Waals surface area contributed by atoms with E-state index >= 15 is 0 Å². The van der Waals surface area contributed by atoms with Crippen molar-refractivity contribution >= 4 is 12.6 Å². The number of ether oxygens (including phenoxy) is 1. The highest BCUT2D eigenvalue weighted by Gasteiger charge is 2.58. The molecule has 1 aliphatic heterocycles. The molecule has 0 aromatic carbocycles. The highest BCUT2D eigenvalue weighted by atomic mass is 19.4. The first-order valence-electron chi connectivity index (χ1n) is 4.87. The predicted octanol–water partition coefficient (Wildman–Crippen LogP) is 1.63. The van der Waals surface area contributed by atoms with Crippen molar-refractivity contribution in [3.8, 4) is 0 Å². The van der Waals surface area contributed by atoms with E-state index < -0.39 is 23.5 Å². The molecule has 1 atom stereocenters. The largest absolute Gasteiger partial charge is 0.422 e. The van der Waals surface area contributed by atoms with Crippen molar-refractivity contribution in [1.82, 2.24) is 9.97 Å². The third-order valence-corrected chi connectivity index (χ3v) is 2.71. The molecule has 1 aliphatic rings. The second kappa shape index (κ2) is 3.84. The van der Waals surface area contributed by atoms with Crippen LogP contribution < -0.4 is 0 Å². The molecule has 1 aromatic heterocycles. The summed E-state index contributed by atoms with van der Waals surface area (Å²) >= 11 is 0. The molecule has 1 aromatic rings. The number of carbonyl (C=O) groups excluding carboxylic acids is 1. The van der Waals surface area contributed by atoms with Gasteiger partial charge in [0.05, 0.1) is 12.3 Å². The maximum absolute atomic E-state index is 12.9. The number of hydrogen-bond donors (Lipinski definition) is 0. The van der Waals surface area contributed by atoms with Crippen molar-refractivity contribution in [1.29, 1.82) is 0 Å². The summed E-state index contributed by atoms with van der Waals surface area (Å²) in [6.45, 7) is 3.60. The smallest absolute Gasteiger partial charge is 0.355 e. The Morgan fingerprint density at radius 1 is 1.61 bits per heavy atom. The Balaban J connectivity index is 2.55. The number of amides is 1. The Hall–Kier alpha value is -1.83. The summed E-state index contributed by atoms with van der Waals surface area (Å²) in [4.78, 5) is 21.5. The number of hydrogen-bond acceptors (Lipinski definition) is 4. The van der Waals surface area contributed by atoms with Crippen molar-refractivity contribution < 1.29 is 22.7 Å². The van der Waals surface area contributed by atoms with Crippen molar-refractivity contribution in [2.75, 3.05) is 0 Å². The molecule has 8 heteroatoms. The minimum absolute atomic E-state index is 0.204. The summed E-state index contributed by atoms with van der Waals surface area (Å²) in [5.41, 5.74) is -2.67. The van der Waals surface area contributed by atoms with E-state index in [1.165, 1.54) is 0 Å². The van der Waals surface area contributed by atoms with Crippen LogP contribution in [0.3, 0.4) is 0 Å². The van der Waals surface area contributed by atoms with E-state index in [0.717, 1.165) is 13.1 Å². The predicted molar refractivity (Wildman–Crippen MR) is 54.1 cm³/mol. The third-order valence-electron chi connectivity index (χ3n) is 2.71. The van der Waals surface area contributed by atoms with E-state index in [4.69, 9.17) is 4.74 Å². The second-order valence-electron chi connectivity index (χ2n) is 3.85. The van der Waals surface area contributed by atoms with Gasteiger partial charge in [-0.15, -0.1) is 0 Å². The minimum Gasteiger partial charge on any atom is -0.355 e. The molecule has 0 N–H and O–H groups in total. The van der Waals surface area contributed by atoms with Gasteiger partial charge in [0.25, 0.3) is 0 Å². The summed E-state index contributed by atoms with van der Waals surface area (Å²) in [6.07, 6.45) is -3.49. The second-order valence-corrected chi connectivity index (χ2v) is 3.85. The number of aromatic nitrogens is 2. The van der Waals surface area contributed by atoms with Gasteiger partial charge in [0, 0.05) is 11.8 Å². The fraction of sp³-hybridized carbons (Fsp3) is 0.400. The number of nitrogens with zero attached hydrogens (tertiary/aromatic N) is 3. The average molecular weight is 259 g/mol. The molecule has 0 spiro atoms. The van der Waals surface area contributed by atoms with E-state index in [0.29, 0.717) is 0 Å². The Labute approximate surface area is 99.7 Å². The van der Waals surface area contributed by atoms with Gasteiger partial charge in [-0.05, 0) is 13.6 Å². The summed E-state index contributed by atoms with van der Waals surface area (Å²) < 4.78 is 43.6. The van der Waals surface area contributed by atoms with Crippen LogP contribution in [0, 0.1) is 0 Å². The van der Waals surface area contributed by atoms with Crippen molar-refractivity contribution in [3.05, 3.63) is 23.3 Å². The van der Waals surface area contributed by atoms with Gasteiger partial charge >= 0.3 is 12.1 Å². The number of halogens is 3. The van der Waals surface area contributed by atoms with Gasteiger partial charge in [-0.3, -0.25) is 4.79 Å². The zero-order chi connectivity index (χ0) is 13.6. The molecule has 5 nitrogen and oxygen atoms in total. The lowest BCUT2D eigenvalue weighted by molar-refractivity contribution is -0.273. The quantitative estimate of drug-likeness (QED) is 0.719. The normalized spacial score (nSPS) is 22.7. The van der Waals surface area contributed by atoms with Crippen LogP contribution in [0.25, 0.3) is 0 Å². The fourth-order valence-corrected chi connectivity index (χ4v) is 1.61. The number of carbonyl (C=O) groups is 1. The van der Waals surface area contributed by atoms with Crippen LogP contribution in [0.2, 0.25) is 0 Å². The zero-order valence-electron chi connectivity index (χ0n) is 9.28. The highest BCUT2D eigenvalue weighted by Crippen LogP contribution is 2.46. The van der Waals surface area contributed by atoms with Crippen LogP contribution in [-0.2, 0) is 16.9 Å². The molecule has 2 rings (SSSR count). The van der Waals surface area contributed by atoms with Gasteiger partial charge in [0.1, 0.15) is 0 Å². The first kappa shape index (κ1) is 12.6. The van der Waals surface area contributed by atoms with Gasteiger partial charge in [-0.2, -0.15) is 13.2 Å². The molecular weight excluding hydrogens is 251 g/mol. The molecule has 0 radical (unpaired) electrons. The summed E-state index contributed by atoms with van der Waals surface area (Å²) in [6, 6.07) is 0. The van der Waals surface area contributed by atoms with Crippen molar-refractivity contribution in [2.24, 2.45) is 4.99 Å². The van der Waals surface area contributed by atoms with Crippen LogP contribution in [0.4, 0.5) is 13.2 Å². The van der Waals surface area contributed by atoms with Crippen LogP contribution in [0.5, 0.6) is 0 Å². The number of alkyl halides is 3. The van der Waals surface area contributed by atoms with E-state index in [1.807, 2.05) is 0 Å². The number of aliphatic imine (C=N–C) groups is 1. The highest BCUT2D eigenvalue weighted by molar-refractivity contribution is 5.93. The monoisotopic (exact) mass is 259 g/mol. The van der Waals surface area contributed by atoms with Crippen LogP contribution in [-0.4, -0.2) is 28.8 Å². The lowest BCUT2D eigenvalue weighted by Crippen LogP contribution is -2.40. The molecular formula is C10H8F3N3O2. The molecule has 18 heavy (non-hydrogen) atoms. The van der Waals surface area contributed by atoms with Gasteiger partial charge in [0.15, 0.2) is 0 Å². The minimum atomic E-state index is -4.63. The molecule has 0 fully saturated rings. The Bertz CT molecular complexity index is 530. The van der Waals surface area contributed by atoms with E-state index in [9.17, 15) is 18.0 Å². The van der Waals surface area contributed by atoms with Gasteiger partial charge in [0.2, 0.25) is 11.4 Å². The average Bonchev–Trinajstić information content (AvgIpc) is 2.66. The first-order valence-corrected chi connectivity index (χ1v) is 4.87. The van der Waals surface area contributed by atoms with Crippen LogP contribution in [0.15, 0.2) is 11.2 Å². The molecule has 0 saturated heterocycles. The van der Waals surface area contributed by atoms with Crippen LogP contribution >= 0.6 is 0 Å². The van der Waals surface area contributed by atoms with Crippen molar-refractivity contribution in [3.63, 3.8) is 0 Å². The Kier molecular flexibility index (Phi) is 2.69. The lowest BCUT2D eigenvalue weighted by Gasteiger charge is -2.26. The van der Waals surface area contributed by atoms with Crippen LogP contribution in [0.1, 0.15) is 28.8 Å². The molecule has 2 heterocycles. The van der Waals surface area contributed by atoms with E-state index in [-0.39, 0.29) is 17.9 Å². The molecule has 0 unspecified atom stereocenters. The number of fused-ring (bicyclic) bond motifs is 1. The van der Waals surface area contributed by atoms with Gasteiger partial charge in [-0.25, -0.2) is 15.0 Å². The maximum Gasteiger partial charge on any atom is 0.422 e. The maximum atomic E-state index is 12.9. The molecule has 0 saturated carbocycles. The molecule has 96 valence electrons. The fourth-order valence-electron chi connectivity index (χ4n) is 1.61. The topological polar surface area (TPSA) is 64.4 Å². The summed E-state index contributed by atoms with van der Waals surface area (Å²) in [5.74, 6) is -1.31. The van der Waals surface area contributed by atoms with E-state index in [2.05, 4.69) is 21.7 Å². The van der Waals surface area contributed by atoms with Gasteiger partial charge < -0.3 is 4.74 Å². The summed E-state index contributed by atoms with van der Waals surface area (Å²) in [7, 11) is 0. The molecule has 0 aliphatic carbocycles. The first-order chi connectivity index (χ1) is 8.29.